The second kappa shape index (κ2) is 11.5. The van der Waals surface area contributed by atoms with Crippen molar-refractivity contribution in [3.63, 3.8) is 0 Å². The maximum absolute atomic E-state index is 11.3. The predicted octanol–water partition coefficient (Wildman–Crippen LogP) is 0.921. The number of carboxylic acids is 2. The summed E-state index contributed by atoms with van der Waals surface area (Å²) >= 11 is 0. The Bertz CT molecular complexity index is 851. The molecule has 1 heterocycles. The van der Waals surface area contributed by atoms with Crippen LogP contribution in [-0.4, -0.2) is 60.9 Å². The van der Waals surface area contributed by atoms with E-state index in [1.165, 1.54) is 11.3 Å². The molecule has 0 bridgehead atoms. The molecule has 9 heteroatoms. The topological polar surface area (TPSA) is 142 Å². The normalized spacial score (nSPS) is 13.0. The summed E-state index contributed by atoms with van der Waals surface area (Å²) in [6, 6.07) is 16.8. The first-order chi connectivity index (χ1) is 14.4. The van der Waals surface area contributed by atoms with Gasteiger partial charge in [-0.3, -0.25) is 4.79 Å². The highest BCUT2D eigenvalue weighted by atomic mass is 16.5. The number of carbonyl (C=O) groups excluding carboxylic acids is 1. The number of nitrogens with two attached hydrogens (primary N) is 1. The number of carboxylic acid groups (broad SMARTS) is 2. The van der Waals surface area contributed by atoms with Crippen LogP contribution in [0.15, 0.2) is 48.5 Å². The van der Waals surface area contributed by atoms with Gasteiger partial charge >= 0.3 is 11.9 Å². The van der Waals surface area contributed by atoms with Crippen LogP contribution in [0.4, 0.5) is 5.69 Å². The largest absolute Gasteiger partial charge is 0.473 e. The Hall–Kier alpha value is -3.43. The second-order valence-corrected chi connectivity index (χ2v) is 6.44. The van der Waals surface area contributed by atoms with E-state index in [4.69, 9.17) is 30.3 Å². The van der Waals surface area contributed by atoms with Gasteiger partial charge in [0.05, 0.1) is 19.8 Å². The number of carbonyl (C=O) groups is 3. The fraction of sp³-hybridized carbons (Fsp3) is 0.286. The quantitative estimate of drug-likeness (QED) is 0.528. The summed E-state index contributed by atoms with van der Waals surface area (Å²) in [6.07, 6.45) is 0. The lowest BCUT2D eigenvalue weighted by Gasteiger charge is -2.28. The minimum atomic E-state index is -1.82. The van der Waals surface area contributed by atoms with Gasteiger partial charge < -0.3 is 30.9 Å². The average molecular weight is 415 g/mol. The zero-order valence-corrected chi connectivity index (χ0v) is 16.4. The van der Waals surface area contributed by atoms with Crippen molar-refractivity contribution in [3.8, 4) is 11.1 Å². The van der Waals surface area contributed by atoms with Gasteiger partial charge in [-0.25, -0.2) is 9.59 Å². The molecule has 0 radical (unpaired) electrons. The van der Waals surface area contributed by atoms with Gasteiger partial charge in [-0.2, -0.15) is 0 Å². The van der Waals surface area contributed by atoms with Crippen LogP contribution < -0.4 is 16.0 Å². The molecule has 1 aliphatic rings. The Morgan fingerprint density at radius 2 is 1.60 bits per heavy atom. The summed E-state index contributed by atoms with van der Waals surface area (Å²) in [4.78, 5) is 31.8. The number of nitrogens with one attached hydrogen (secondary N) is 1. The van der Waals surface area contributed by atoms with Crippen LogP contribution >= 0.6 is 0 Å². The van der Waals surface area contributed by atoms with E-state index in [-0.39, 0.29) is 12.5 Å². The summed E-state index contributed by atoms with van der Waals surface area (Å²) in [5.74, 6) is -3.79. The molecule has 2 aromatic rings. The number of hydrogen-bond acceptors (Lipinski definition) is 6. The van der Waals surface area contributed by atoms with Crippen molar-refractivity contribution >= 4 is 23.5 Å². The van der Waals surface area contributed by atoms with Gasteiger partial charge in [0.15, 0.2) is 0 Å². The SMILES string of the molecule is NCC(=O)NCc1cccc(-c2ccc(N3CCOCC3)cc2)c1.O=C(O)C(=O)O. The zero-order chi connectivity index (χ0) is 21.9. The lowest BCUT2D eigenvalue weighted by atomic mass is 10.0. The van der Waals surface area contributed by atoms with Crippen molar-refractivity contribution in [1.82, 2.24) is 5.32 Å². The Labute approximate surface area is 174 Å². The number of nitrogens with zero attached hydrogens (tertiary/aromatic N) is 1. The number of amides is 1. The Kier molecular flexibility index (Phi) is 8.79. The third-order valence-corrected chi connectivity index (χ3v) is 4.36. The number of hydrogen-bond donors (Lipinski definition) is 4. The summed E-state index contributed by atoms with van der Waals surface area (Å²) in [6.45, 7) is 3.97. The van der Waals surface area contributed by atoms with Gasteiger partial charge in [-0.15, -0.1) is 0 Å². The standard InChI is InChI=1S/C19H23N3O2.C2H2O4/c20-13-19(23)21-14-15-2-1-3-17(12-15)16-4-6-18(7-5-16)22-8-10-24-11-9-22;3-1(4)2(5)6/h1-7,12H,8-11,13-14,20H2,(H,21,23);(H,3,4)(H,5,6). The van der Waals surface area contributed by atoms with E-state index < -0.39 is 11.9 Å². The first-order valence-corrected chi connectivity index (χ1v) is 9.35. The zero-order valence-electron chi connectivity index (χ0n) is 16.4. The van der Waals surface area contributed by atoms with Crippen molar-refractivity contribution in [2.24, 2.45) is 5.73 Å². The van der Waals surface area contributed by atoms with Gasteiger partial charge in [0.1, 0.15) is 0 Å². The van der Waals surface area contributed by atoms with Gasteiger partial charge in [0.25, 0.3) is 0 Å². The molecule has 3 rings (SSSR count). The third-order valence-electron chi connectivity index (χ3n) is 4.36. The molecule has 1 amide bonds. The van der Waals surface area contributed by atoms with Crippen LogP contribution in [0.25, 0.3) is 11.1 Å². The van der Waals surface area contributed by atoms with E-state index in [9.17, 15) is 4.79 Å². The summed E-state index contributed by atoms with van der Waals surface area (Å²) in [5.41, 5.74) is 9.91. The smallest absolute Gasteiger partial charge is 0.414 e. The van der Waals surface area contributed by atoms with Crippen LogP contribution in [0.1, 0.15) is 5.56 Å². The molecule has 1 fully saturated rings. The molecule has 5 N–H and O–H groups in total. The van der Waals surface area contributed by atoms with Crippen LogP contribution in [0.2, 0.25) is 0 Å². The molecule has 0 spiro atoms. The molecule has 160 valence electrons. The van der Waals surface area contributed by atoms with E-state index in [0.29, 0.717) is 6.54 Å². The minimum absolute atomic E-state index is 0.0166. The predicted molar refractivity (Wildman–Crippen MR) is 111 cm³/mol. The highest BCUT2D eigenvalue weighted by molar-refractivity contribution is 6.27. The molecule has 0 atom stereocenters. The third kappa shape index (κ3) is 7.19. The summed E-state index contributed by atoms with van der Waals surface area (Å²) in [5, 5.41) is 17.6. The van der Waals surface area contributed by atoms with Crippen LogP contribution in [0, 0.1) is 0 Å². The minimum Gasteiger partial charge on any atom is -0.473 e. The average Bonchev–Trinajstić information content (AvgIpc) is 2.78. The maximum Gasteiger partial charge on any atom is 0.414 e. The van der Waals surface area contributed by atoms with Gasteiger partial charge in [-0.1, -0.05) is 30.3 Å². The summed E-state index contributed by atoms with van der Waals surface area (Å²) < 4.78 is 5.40. The molecule has 1 saturated heterocycles. The van der Waals surface area contributed by atoms with E-state index >= 15 is 0 Å². The molecule has 0 unspecified atom stereocenters. The Morgan fingerprint density at radius 1 is 0.967 bits per heavy atom. The monoisotopic (exact) mass is 415 g/mol. The Balaban J connectivity index is 0.000000469. The molecule has 0 aromatic heterocycles. The first-order valence-electron chi connectivity index (χ1n) is 9.35. The van der Waals surface area contributed by atoms with Gasteiger partial charge in [0, 0.05) is 25.3 Å². The number of aliphatic carboxylic acids is 2. The summed E-state index contributed by atoms with van der Waals surface area (Å²) in [7, 11) is 0. The molecular weight excluding hydrogens is 390 g/mol. The highest BCUT2D eigenvalue weighted by Gasteiger charge is 2.11. The molecule has 0 aliphatic carbocycles. The van der Waals surface area contributed by atoms with E-state index in [1.54, 1.807) is 0 Å². The number of benzene rings is 2. The van der Waals surface area contributed by atoms with Crippen LogP contribution in [0.3, 0.4) is 0 Å². The van der Waals surface area contributed by atoms with Gasteiger partial charge in [0.2, 0.25) is 5.91 Å². The molecule has 2 aromatic carbocycles. The van der Waals surface area contributed by atoms with Gasteiger partial charge in [-0.05, 0) is 34.9 Å². The fourth-order valence-corrected chi connectivity index (χ4v) is 2.82. The van der Waals surface area contributed by atoms with E-state index in [1.807, 2.05) is 12.1 Å². The van der Waals surface area contributed by atoms with Crippen molar-refractivity contribution < 1.29 is 29.3 Å². The molecule has 30 heavy (non-hydrogen) atoms. The molecule has 9 nitrogen and oxygen atoms in total. The number of morpholine rings is 1. The number of rotatable bonds is 5. The lowest BCUT2D eigenvalue weighted by molar-refractivity contribution is -0.159. The van der Waals surface area contributed by atoms with Crippen molar-refractivity contribution in [1.29, 1.82) is 0 Å². The van der Waals surface area contributed by atoms with Crippen LogP contribution in [-0.2, 0) is 25.7 Å². The molecule has 0 saturated carbocycles. The number of anilines is 1. The molecular formula is C21H25N3O6. The highest BCUT2D eigenvalue weighted by Crippen LogP contribution is 2.24. The van der Waals surface area contributed by atoms with Crippen molar-refractivity contribution in [3.05, 3.63) is 54.1 Å². The van der Waals surface area contributed by atoms with E-state index in [2.05, 4.69) is 46.6 Å². The molecule has 1 aliphatic heterocycles. The first kappa shape index (κ1) is 22.9. The maximum atomic E-state index is 11.3. The van der Waals surface area contributed by atoms with Crippen molar-refractivity contribution in [2.45, 2.75) is 6.54 Å². The second-order valence-electron chi connectivity index (χ2n) is 6.44. The Morgan fingerprint density at radius 3 is 2.17 bits per heavy atom. The number of ether oxygens (including phenoxy) is 1. The van der Waals surface area contributed by atoms with Crippen LogP contribution in [0.5, 0.6) is 0 Å². The van der Waals surface area contributed by atoms with E-state index in [0.717, 1.165) is 37.4 Å². The fourth-order valence-electron chi connectivity index (χ4n) is 2.82. The van der Waals surface area contributed by atoms with Crippen molar-refractivity contribution in [2.75, 3.05) is 37.7 Å². The lowest BCUT2D eigenvalue weighted by Crippen LogP contribution is -2.36.